The highest BCUT2D eigenvalue weighted by Crippen LogP contribution is 2.14. The van der Waals surface area contributed by atoms with Crippen LogP contribution in [0.2, 0.25) is 0 Å². The molecule has 0 fully saturated rings. The number of amides is 2. The molecule has 1 N–H and O–H groups in total. The molecular weight excluding hydrogens is 330 g/mol. The number of nitrogens with zero attached hydrogens (tertiary/aromatic N) is 2. The molecule has 6 heteroatoms. The minimum atomic E-state index is -0.187. The van der Waals surface area contributed by atoms with Crippen LogP contribution in [0.1, 0.15) is 62.0 Å². The van der Waals surface area contributed by atoms with E-state index in [9.17, 15) is 9.59 Å². The van der Waals surface area contributed by atoms with Crippen LogP contribution in [-0.4, -0.2) is 34.4 Å². The van der Waals surface area contributed by atoms with E-state index in [4.69, 9.17) is 4.42 Å². The zero-order valence-corrected chi connectivity index (χ0v) is 16.0. The fraction of sp³-hybridized carbons (Fsp3) is 0.500. The molecule has 6 nitrogen and oxygen atoms in total. The molecule has 2 aromatic heterocycles. The Labute approximate surface area is 155 Å². The lowest BCUT2D eigenvalue weighted by Crippen LogP contribution is -2.31. The van der Waals surface area contributed by atoms with Gasteiger partial charge in [-0.25, -0.2) is 0 Å². The Morgan fingerprint density at radius 2 is 1.96 bits per heavy atom. The third kappa shape index (κ3) is 5.25. The molecule has 2 heterocycles. The number of furan rings is 1. The molecule has 0 aliphatic heterocycles. The maximum absolute atomic E-state index is 12.1. The summed E-state index contributed by atoms with van der Waals surface area (Å²) in [7, 11) is 0. The summed E-state index contributed by atoms with van der Waals surface area (Å²) in [6.07, 6.45) is 4.29. The van der Waals surface area contributed by atoms with E-state index in [0.717, 1.165) is 25.1 Å². The van der Waals surface area contributed by atoms with Gasteiger partial charge in [-0.05, 0) is 37.1 Å². The number of carbonyl (C=O) groups is 2. The Balaban J connectivity index is 2.05. The Morgan fingerprint density at radius 1 is 1.15 bits per heavy atom. The molecule has 0 aliphatic rings. The zero-order valence-electron chi connectivity index (χ0n) is 16.0. The molecule has 0 atom stereocenters. The van der Waals surface area contributed by atoms with Crippen molar-refractivity contribution in [1.82, 2.24) is 14.8 Å². The van der Waals surface area contributed by atoms with Gasteiger partial charge in [0.25, 0.3) is 5.91 Å². The second-order valence-corrected chi connectivity index (χ2v) is 6.32. The molecule has 0 bridgehead atoms. The number of nitrogens with one attached hydrogen (secondary N) is 1. The van der Waals surface area contributed by atoms with Crippen LogP contribution in [0, 0.1) is 0 Å². The van der Waals surface area contributed by atoms with Gasteiger partial charge in [-0.2, -0.15) is 0 Å². The van der Waals surface area contributed by atoms with Crippen molar-refractivity contribution in [1.29, 1.82) is 0 Å². The molecule has 0 saturated heterocycles. The second-order valence-electron chi connectivity index (χ2n) is 6.32. The van der Waals surface area contributed by atoms with E-state index in [1.165, 1.54) is 0 Å². The van der Waals surface area contributed by atoms with E-state index < -0.39 is 0 Å². The molecule has 0 spiro atoms. The van der Waals surface area contributed by atoms with Gasteiger partial charge in [0.2, 0.25) is 5.91 Å². The predicted octanol–water partition coefficient (Wildman–Crippen LogP) is 3.42. The fourth-order valence-electron chi connectivity index (χ4n) is 2.81. The Hall–Kier alpha value is -2.50. The van der Waals surface area contributed by atoms with Crippen molar-refractivity contribution >= 4 is 11.8 Å². The Bertz CT molecular complexity index is 717. The highest BCUT2D eigenvalue weighted by molar-refractivity contribution is 5.91. The quantitative estimate of drug-likeness (QED) is 0.707. The summed E-state index contributed by atoms with van der Waals surface area (Å²) in [5.74, 6) is 1.02. The highest BCUT2D eigenvalue weighted by Gasteiger charge is 2.15. The number of hydrogen-bond donors (Lipinski definition) is 1. The van der Waals surface area contributed by atoms with Crippen LogP contribution in [0.25, 0.3) is 0 Å². The van der Waals surface area contributed by atoms with Crippen molar-refractivity contribution in [2.24, 2.45) is 0 Å². The van der Waals surface area contributed by atoms with Gasteiger partial charge in [0.1, 0.15) is 5.76 Å². The molecule has 142 valence electrons. The summed E-state index contributed by atoms with van der Waals surface area (Å²) >= 11 is 0. The summed E-state index contributed by atoms with van der Waals surface area (Å²) in [6, 6.07) is 7.51. The minimum Gasteiger partial charge on any atom is -0.454 e. The molecule has 26 heavy (non-hydrogen) atoms. The molecule has 0 aromatic carbocycles. The lowest BCUT2D eigenvalue weighted by atomic mass is 10.3. The molecule has 0 aliphatic carbocycles. The smallest absolute Gasteiger partial charge is 0.286 e. The molecule has 0 radical (unpaired) electrons. The van der Waals surface area contributed by atoms with Crippen LogP contribution in [0.3, 0.4) is 0 Å². The van der Waals surface area contributed by atoms with E-state index in [-0.39, 0.29) is 11.8 Å². The van der Waals surface area contributed by atoms with Crippen molar-refractivity contribution < 1.29 is 14.0 Å². The maximum atomic E-state index is 12.1. The molecule has 2 rings (SSSR count). The molecule has 0 saturated carbocycles. The van der Waals surface area contributed by atoms with Gasteiger partial charge in [-0.3, -0.25) is 9.59 Å². The third-order valence-electron chi connectivity index (χ3n) is 4.17. The third-order valence-corrected chi connectivity index (χ3v) is 4.17. The first-order valence-electron chi connectivity index (χ1n) is 9.37. The van der Waals surface area contributed by atoms with E-state index in [1.54, 1.807) is 6.07 Å². The van der Waals surface area contributed by atoms with Crippen LogP contribution < -0.4 is 5.32 Å². The highest BCUT2D eigenvalue weighted by atomic mass is 16.4. The Kier molecular flexibility index (Phi) is 7.51. The summed E-state index contributed by atoms with van der Waals surface area (Å²) < 4.78 is 7.73. The van der Waals surface area contributed by atoms with Crippen LogP contribution in [0.15, 0.2) is 34.9 Å². The van der Waals surface area contributed by atoms with Crippen molar-refractivity contribution in [2.75, 3.05) is 13.1 Å². The number of aromatic nitrogens is 1. The van der Waals surface area contributed by atoms with Crippen LogP contribution in [0.5, 0.6) is 0 Å². The van der Waals surface area contributed by atoms with Gasteiger partial charge >= 0.3 is 0 Å². The van der Waals surface area contributed by atoms with Crippen LogP contribution >= 0.6 is 0 Å². The fourth-order valence-corrected chi connectivity index (χ4v) is 2.81. The van der Waals surface area contributed by atoms with E-state index in [1.807, 2.05) is 43.1 Å². The second kappa shape index (κ2) is 9.85. The lowest BCUT2D eigenvalue weighted by molar-refractivity contribution is -0.131. The predicted molar refractivity (Wildman–Crippen MR) is 101 cm³/mol. The first-order chi connectivity index (χ1) is 12.6. The molecular formula is C20H29N3O3. The molecule has 0 unspecified atom stereocenters. The number of carbonyl (C=O) groups excluding carboxylic acids is 2. The average Bonchev–Trinajstić information content (AvgIpc) is 3.29. The minimum absolute atomic E-state index is 0.160. The van der Waals surface area contributed by atoms with Crippen LogP contribution in [-0.2, 0) is 17.9 Å². The molecule has 2 aromatic rings. The van der Waals surface area contributed by atoms with Crippen molar-refractivity contribution in [3.05, 3.63) is 47.7 Å². The first kappa shape index (κ1) is 19.8. The van der Waals surface area contributed by atoms with E-state index in [0.29, 0.717) is 37.6 Å². The van der Waals surface area contributed by atoms with Gasteiger partial charge in [0, 0.05) is 31.4 Å². The summed E-state index contributed by atoms with van der Waals surface area (Å²) in [4.78, 5) is 26.0. The monoisotopic (exact) mass is 359 g/mol. The lowest BCUT2D eigenvalue weighted by Gasteiger charge is -2.22. The zero-order chi connectivity index (χ0) is 18.9. The summed E-state index contributed by atoms with van der Waals surface area (Å²) in [6.45, 7) is 8.46. The van der Waals surface area contributed by atoms with Crippen molar-refractivity contribution in [3.8, 4) is 0 Å². The van der Waals surface area contributed by atoms with Crippen molar-refractivity contribution in [2.45, 2.75) is 53.1 Å². The SMILES string of the molecule is CCCNC(=O)c1ccc(Cn2cccc2CN(CCC)C(=O)CC)o1. The van der Waals surface area contributed by atoms with Gasteiger partial charge in [-0.15, -0.1) is 0 Å². The van der Waals surface area contributed by atoms with Crippen LogP contribution in [0.4, 0.5) is 0 Å². The van der Waals surface area contributed by atoms with Crippen molar-refractivity contribution in [3.63, 3.8) is 0 Å². The normalized spacial score (nSPS) is 10.7. The van der Waals surface area contributed by atoms with Gasteiger partial charge in [0.05, 0.1) is 13.1 Å². The number of hydrogen-bond acceptors (Lipinski definition) is 3. The standard InChI is InChI=1S/C20H29N3O3/c1-4-11-21-20(25)18-10-9-17(26-18)15-22-13-7-8-16(22)14-23(12-5-2)19(24)6-3/h7-10,13H,4-6,11-12,14-15H2,1-3H3,(H,21,25). The maximum Gasteiger partial charge on any atom is 0.286 e. The average molecular weight is 359 g/mol. The van der Waals surface area contributed by atoms with Gasteiger partial charge in [-0.1, -0.05) is 20.8 Å². The van der Waals surface area contributed by atoms with E-state index >= 15 is 0 Å². The van der Waals surface area contributed by atoms with Gasteiger partial charge < -0.3 is 19.2 Å². The first-order valence-corrected chi connectivity index (χ1v) is 9.37. The van der Waals surface area contributed by atoms with E-state index in [2.05, 4.69) is 16.8 Å². The Morgan fingerprint density at radius 3 is 2.65 bits per heavy atom. The number of rotatable bonds is 10. The molecule has 2 amide bonds. The summed E-state index contributed by atoms with van der Waals surface area (Å²) in [5, 5.41) is 2.81. The largest absolute Gasteiger partial charge is 0.454 e. The topological polar surface area (TPSA) is 67.5 Å². The summed E-state index contributed by atoms with van der Waals surface area (Å²) in [5.41, 5.74) is 1.05. The van der Waals surface area contributed by atoms with Gasteiger partial charge in [0.15, 0.2) is 5.76 Å².